The lowest BCUT2D eigenvalue weighted by Gasteiger charge is -2.21. The van der Waals surface area contributed by atoms with Crippen LogP contribution in [0.3, 0.4) is 0 Å². The van der Waals surface area contributed by atoms with Crippen molar-refractivity contribution in [1.29, 1.82) is 0 Å². The van der Waals surface area contributed by atoms with Crippen molar-refractivity contribution in [3.05, 3.63) is 59.1 Å². The number of nitrogens with one attached hydrogen (secondary N) is 1. The minimum atomic E-state index is -0.223. The number of ether oxygens (including phenoxy) is 1. The van der Waals surface area contributed by atoms with Crippen LogP contribution in [-0.4, -0.2) is 12.5 Å². The molecule has 1 atom stereocenters. The summed E-state index contributed by atoms with van der Waals surface area (Å²) >= 11 is 5.93. The summed E-state index contributed by atoms with van der Waals surface area (Å²) in [6, 6.07) is 14.9. The number of hydrogen-bond donors (Lipinski definition) is 1. The smallest absolute Gasteiger partial charge is 0.232 e. The topological polar surface area (TPSA) is 38.3 Å². The Morgan fingerprint density at radius 2 is 1.70 bits per heavy atom. The summed E-state index contributed by atoms with van der Waals surface area (Å²) in [5.41, 5.74) is 1.73. The van der Waals surface area contributed by atoms with Gasteiger partial charge in [0.15, 0.2) is 0 Å². The molecule has 0 aliphatic heterocycles. The van der Waals surface area contributed by atoms with E-state index in [4.69, 9.17) is 16.3 Å². The van der Waals surface area contributed by atoms with Crippen LogP contribution in [0.5, 0.6) is 5.75 Å². The fourth-order valence-electron chi connectivity index (χ4n) is 2.53. The quantitative estimate of drug-likeness (QED) is 0.798. The molecule has 0 bridgehead atoms. The number of rotatable bonds is 6. The van der Waals surface area contributed by atoms with Crippen LogP contribution in [0, 0.1) is 5.92 Å². The van der Waals surface area contributed by atoms with Gasteiger partial charge in [-0.05, 0) is 54.8 Å². The molecule has 23 heavy (non-hydrogen) atoms. The van der Waals surface area contributed by atoms with Crippen molar-refractivity contribution in [2.45, 2.75) is 26.7 Å². The predicted molar refractivity (Wildman–Crippen MR) is 95.3 cm³/mol. The lowest BCUT2D eigenvalue weighted by atomic mass is 9.87. The summed E-state index contributed by atoms with van der Waals surface area (Å²) in [7, 11) is 0. The molecule has 2 aromatic carbocycles. The zero-order valence-electron chi connectivity index (χ0n) is 13.7. The Labute approximate surface area is 142 Å². The number of hydrogen-bond acceptors (Lipinski definition) is 2. The van der Waals surface area contributed by atoms with Crippen molar-refractivity contribution in [1.82, 2.24) is 0 Å². The van der Waals surface area contributed by atoms with Crippen molar-refractivity contribution in [3.8, 4) is 5.75 Å². The molecule has 0 spiro atoms. The molecule has 0 aliphatic rings. The highest BCUT2D eigenvalue weighted by Gasteiger charge is 2.24. The first-order valence-corrected chi connectivity index (χ1v) is 8.18. The van der Waals surface area contributed by atoms with E-state index in [1.54, 1.807) is 0 Å². The molecule has 3 nitrogen and oxygen atoms in total. The maximum Gasteiger partial charge on any atom is 0.232 e. The number of amides is 1. The van der Waals surface area contributed by atoms with Gasteiger partial charge in [-0.1, -0.05) is 37.6 Å². The van der Waals surface area contributed by atoms with Crippen molar-refractivity contribution in [2.75, 3.05) is 11.9 Å². The summed E-state index contributed by atoms with van der Waals surface area (Å²) in [5.74, 6) is 0.729. The summed E-state index contributed by atoms with van der Waals surface area (Å²) < 4.78 is 5.41. The molecular weight excluding hydrogens is 310 g/mol. The monoisotopic (exact) mass is 331 g/mol. The Kier molecular flexibility index (Phi) is 6.05. The molecule has 0 aromatic heterocycles. The second-order valence-corrected chi connectivity index (χ2v) is 6.16. The predicted octanol–water partition coefficient (Wildman–Crippen LogP) is 5.12. The molecule has 0 saturated carbocycles. The van der Waals surface area contributed by atoms with Crippen LogP contribution in [0.1, 0.15) is 32.3 Å². The molecule has 1 amide bonds. The van der Waals surface area contributed by atoms with Crippen molar-refractivity contribution >= 4 is 23.2 Å². The third-order valence-electron chi connectivity index (χ3n) is 3.61. The minimum absolute atomic E-state index is 0.0218. The van der Waals surface area contributed by atoms with Gasteiger partial charge in [0, 0.05) is 10.7 Å². The van der Waals surface area contributed by atoms with E-state index >= 15 is 0 Å². The molecule has 0 unspecified atom stereocenters. The molecule has 0 radical (unpaired) electrons. The first kappa shape index (κ1) is 17.4. The van der Waals surface area contributed by atoms with Gasteiger partial charge in [0.1, 0.15) is 5.75 Å². The second-order valence-electron chi connectivity index (χ2n) is 5.72. The highest BCUT2D eigenvalue weighted by molar-refractivity contribution is 6.30. The summed E-state index contributed by atoms with van der Waals surface area (Å²) in [6.07, 6.45) is 0. The zero-order chi connectivity index (χ0) is 16.8. The third kappa shape index (κ3) is 4.73. The van der Waals surface area contributed by atoms with Gasteiger partial charge in [-0.15, -0.1) is 0 Å². The largest absolute Gasteiger partial charge is 0.494 e. The molecule has 0 saturated heterocycles. The summed E-state index contributed by atoms with van der Waals surface area (Å²) in [4.78, 5) is 12.7. The summed E-state index contributed by atoms with van der Waals surface area (Å²) in [5, 5.41) is 3.65. The van der Waals surface area contributed by atoms with Gasteiger partial charge < -0.3 is 10.1 Å². The minimum Gasteiger partial charge on any atom is -0.494 e. The Morgan fingerprint density at radius 3 is 2.22 bits per heavy atom. The van der Waals surface area contributed by atoms with Crippen LogP contribution in [0.25, 0.3) is 0 Å². The number of anilines is 1. The van der Waals surface area contributed by atoms with Gasteiger partial charge >= 0.3 is 0 Å². The van der Waals surface area contributed by atoms with Crippen LogP contribution in [0.4, 0.5) is 5.69 Å². The molecule has 0 aliphatic carbocycles. The lowest BCUT2D eigenvalue weighted by molar-refractivity contribution is -0.118. The van der Waals surface area contributed by atoms with E-state index < -0.39 is 0 Å². The second kappa shape index (κ2) is 8.02. The molecule has 2 rings (SSSR count). The maximum absolute atomic E-state index is 12.7. The zero-order valence-corrected chi connectivity index (χ0v) is 14.4. The van der Waals surface area contributed by atoms with E-state index in [9.17, 15) is 4.79 Å². The highest BCUT2D eigenvalue weighted by atomic mass is 35.5. The van der Waals surface area contributed by atoms with Crippen molar-refractivity contribution < 1.29 is 9.53 Å². The van der Waals surface area contributed by atoms with E-state index in [-0.39, 0.29) is 17.7 Å². The van der Waals surface area contributed by atoms with Gasteiger partial charge in [-0.2, -0.15) is 0 Å². The first-order valence-electron chi connectivity index (χ1n) is 7.80. The van der Waals surface area contributed by atoms with Gasteiger partial charge in [0.05, 0.1) is 12.5 Å². The van der Waals surface area contributed by atoms with Crippen LogP contribution in [0.2, 0.25) is 5.02 Å². The Morgan fingerprint density at radius 1 is 1.09 bits per heavy atom. The number of carbonyl (C=O) groups excluding carboxylic acids is 1. The SMILES string of the molecule is CCOc1ccc(NC(=O)[C@@H](c2ccc(Cl)cc2)C(C)C)cc1. The lowest BCUT2D eigenvalue weighted by Crippen LogP contribution is -2.25. The Hall–Kier alpha value is -2.00. The van der Waals surface area contributed by atoms with E-state index in [0.29, 0.717) is 11.6 Å². The molecule has 4 heteroatoms. The average molecular weight is 332 g/mol. The van der Waals surface area contributed by atoms with E-state index in [2.05, 4.69) is 5.32 Å². The third-order valence-corrected chi connectivity index (χ3v) is 3.86. The molecule has 2 aromatic rings. The van der Waals surface area contributed by atoms with E-state index in [1.807, 2.05) is 69.3 Å². The van der Waals surface area contributed by atoms with Crippen molar-refractivity contribution in [2.24, 2.45) is 5.92 Å². The van der Waals surface area contributed by atoms with Gasteiger partial charge in [0.25, 0.3) is 0 Å². The van der Waals surface area contributed by atoms with Gasteiger partial charge in [-0.3, -0.25) is 4.79 Å². The molecular formula is C19H22ClNO2. The fraction of sp³-hybridized carbons (Fsp3) is 0.316. The number of benzene rings is 2. The van der Waals surface area contributed by atoms with Crippen molar-refractivity contribution in [3.63, 3.8) is 0 Å². The van der Waals surface area contributed by atoms with Crippen LogP contribution >= 0.6 is 11.6 Å². The van der Waals surface area contributed by atoms with E-state index in [0.717, 1.165) is 17.0 Å². The number of halogens is 1. The van der Waals surface area contributed by atoms with Crippen LogP contribution in [-0.2, 0) is 4.79 Å². The number of carbonyl (C=O) groups is 1. The Bertz CT molecular complexity index is 635. The molecule has 122 valence electrons. The van der Waals surface area contributed by atoms with Crippen LogP contribution < -0.4 is 10.1 Å². The normalized spacial score (nSPS) is 12.0. The summed E-state index contributed by atoms with van der Waals surface area (Å²) in [6.45, 7) is 6.64. The van der Waals surface area contributed by atoms with Gasteiger partial charge in [0.2, 0.25) is 5.91 Å². The standard InChI is InChI=1S/C19H22ClNO2/c1-4-23-17-11-9-16(10-12-17)21-19(22)18(13(2)3)14-5-7-15(20)8-6-14/h5-13,18H,4H2,1-3H3,(H,21,22)/t18-/m1/s1. The Balaban J connectivity index is 2.13. The first-order chi connectivity index (χ1) is 11.0. The molecule has 0 heterocycles. The molecule has 1 N–H and O–H groups in total. The van der Waals surface area contributed by atoms with E-state index in [1.165, 1.54) is 0 Å². The maximum atomic E-state index is 12.7. The average Bonchev–Trinajstić information content (AvgIpc) is 2.51. The van der Waals surface area contributed by atoms with Gasteiger partial charge in [-0.25, -0.2) is 0 Å². The highest BCUT2D eigenvalue weighted by Crippen LogP contribution is 2.27. The van der Waals surface area contributed by atoms with Crippen LogP contribution in [0.15, 0.2) is 48.5 Å². The molecule has 0 fully saturated rings. The fourth-order valence-corrected chi connectivity index (χ4v) is 2.66.